The molecule has 2 N–H and O–H groups in total. The summed E-state index contributed by atoms with van der Waals surface area (Å²) in [5.74, 6) is -1.71. The fourth-order valence-corrected chi connectivity index (χ4v) is 3.76. The summed E-state index contributed by atoms with van der Waals surface area (Å²) in [5, 5.41) is 5.33. The van der Waals surface area contributed by atoms with Gasteiger partial charge in [0.05, 0.1) is 12.8 Å². The minimum Gasteiger partial charge on any atom is -0.453 e. The van der Waals surface area contributed by atoms with Gasteiger partial charge in [-0.05, 0) is 44.8 Å². The van der Waals surface area contributed by atoms with Gasteiger partial charge in [0.1, 0.15) is 18.4 Å². The van der Waals surface area contributed by atoms with Crippen molar-refractivity contribution in [3.63, 3.8) is 0 Å². The number of carbonyl (C=O) groups is 3. The van der Waals surface area contributed by atoms with Gasteiger partial charge >= 0.3 is 6.09 Å². The van der Waals surface area contributed by atoms with Gasteiger partial charge in [0, 0.05) is 6.04 Å². The maximum Gasteiger partial charge on any atom is 0.407 e. The normalized spacial score (nSPS) is 15.5. The quantitative estimate of drug-likeness (QED) is 0.487. The first-order chi connectivity index (χ1) is 15.2. The number of hydrogen-bond acceptors (Lipinski definition) is 4. The molecule has 1 fully saturated rings. The number of carbonyl (C=O) groups excluding carboxylic acids is 3. The molecule has 0 bridgehead atoms. The van der Waals surface area contributed by atoms with Gasteiger partial charge in [-0.3, -0.25) is 14.5 Å². The van der Waals surface area contributed by atoms with Gasteiger partial charge in [0.25, 0.3) is 0 Å². The molecule has 0 aromatic rings. The van der Waals surface area contributed by atoms with Crippen LogP contribution in [0.2, 0.25) is 0 Å². The number of halogens is 1. The van der Waals surface area contributed by atoms with Crippen molar-refractivity contribution >= 4 is 17.9 Å². The molecule has 1 aliphatic carbocycles. The van der Waals surface area contributed by atoms with Crippen LogP contribution in [0.1, 0.15) is 59.3 Å². The Morgan fingerprint density at radius 1 is 1.16 bits per heavy atom. The summed E-state index contributed by atoms with van der Waals surface area (Å²) >= 11 is 0. The third kappa shape index (κ3) is 7.35. The largest absolute Gasteiger partial charge is 0.453 e. The van der Waals surface area contributed by atoms with Gasteiger partial charge in [-0.15, -0.1) is 0 Å². The molecular formula is C24H36FN3O4. The standard InChI is InChI=1S/C24H36FN3O4/c1-7-18(16(4)5)22(23(30)27-17-13-11-10-12-14-17)28(20(9-3)19(25)8-2)21(29)15-26-24(31)32-6/h7,9,17,22H,1,3,8,10-15H2,2,4-6H3,(H,26,31)(H,27,30)/b20-19-. The summed E-state index contributed by atoms with van der Waals surface area (Å²) in [6.07, 6.45) is 6.75. The van der Waals surface area contributed by atoms with E-state index in [1.165, 1.54) is 19.3 Å². The fraction of sp³-hybridized carbons (Fsp3) is 0.542. The van der Waals surface area contributed by atoms with Crippen molar-refractivity contribution in [2.75, 3.05) is 13.7 Å². The summed E-state index contributed by atoms with van der Waals surface area (Å²) < 4.78 is 19.4. The Kier molecular flexibility index (Phi) is 11.4. The number of nitrogens with one attached hydrogen (secondary N) is 2. The minimum atomic E-state index is -1.17. The molecule has 0 aromatic heterocycles. The molecule has 7 nitrogen and oxygen atoms in total. The van der Waals surface area contributed by atoms with Crippen molar-refractivity contribution in [1.82, 2.24) is 15.5 Å². The smallest absolute Gasteiger partial charge is 0.407 e. The van der Waals surface area contributed by atoms with E-state index in [0.29, 0.717) is 5.57 Å². The summed E-state index contributed by atoms with van der Waals surface area (Å²) in [7, 11) is 1.17. The lowest BCUT2D eigenvalue weighted by molar-refractivity contribution is -0.136. The van der Waals surface area contributed by atoms with Crippen molar-refractivity contribution in [3.8, 4) is 0 Å². The van der Waals surface area contributed by atoms with E-state index in [9.17, 15) is 18.8 Å². The molecule has 0 radical (unpaired) electrons. The monoisotopic (exact) mass is 449 g/mol. The number of ether oxygens (including phenoxy) is 1. The number of rotatable bonds is 10. The van der Waals surface area contributed by atoms with Crippen LogP contribution in [0.5, 0.6) is 0 Å². The first-order valence-corrected chi connectivity index (χ1v) is 11.0. The lowest BCUT2D eigenvalue weighted by atomic mass is 9.93. The van der Waals surface area contributed by atoms with E-state index >= 15 is 0 Å². The molecule has 0 saturated heterocycles. The second kappa shape index (κ2) is 13.5. The van der Waals surface area contributed by atoms with Crippen molar-refractivity contribution in [2.24, 2.45) is 0 Å². The van der Waals surface area contributed by atoms with Crippen LogP contribution in [-0.2, 0) is 14.3 Å². The Bertz CT molecular complexity index is 778. The Balaban J connectivity index is 3.52. The molecule has 0 spiro atoms. The highest BCUT2D eigenvalue weighted by Crippen LogP contribution is 2.26. The fourth-order valence-electron chi connectivity index (χ4n) is 3.76. The van der Waals surface area contributed by atoms with Crippen LogP contribution >= 0.6 is 0 Å². The lowest BCUT2D eigenvalue weighted by Crippen LogP contribution is -2.54. The first-order valence-electron chi connectivity index (χ1n) is 11.0. The molecule has 1 unspecified atom stereocenters. The molecule has 0 heterocycles. The molecule has 1 saturated carbocycles. The third-order valence-electron chi connectivity index (χ3n) is 5.43. The van der Waals surface area contributed by atoms with E-state index < -0.39 is 36.3 Å². The molecule has 0 aromatic carbocycles. The number of alkyl carbamates (subject to hydrolysis) is 1. The topological polar surface area (TPSA) is 87.7 Å². The van der Waals surface area contributed by atoms with Crippen molar-refractivity contribution in [2.45, 2.75) is 71.4 Å². The average Bonchev–Trinajstić information content (AvgIpc) is 2.79. The highest BCUT2D eigenvalue weighted by Gasteiger charge is 2.36. The Morgan fingerprint density at radius 2 is 1.78 bits per heavy atom. The van der Waals surface area contributed by atoms with Gasteiger partial charge in [0.15, 0.2) is 0 Å². The highest BCUT2D eigenvalue weighted by atomic mass is 19.1. The molecule has 178 valence electrons. The molecule has 3 amide bonds. The molecule has 1 rings (SSSR count). The molecule has 0 aliphatic heterocycles. The number of allylic oxidation sites excluding steroid dienone is 3. The number of hydrogen-bond donors (Lipinski definition) is 2. The molecular weight excluding hydrogens is 413 g/mol. The second-order valence-corrected chi connectivity index (χ2v) is 7.86. The zero-order chi connectivity index (χ0) is 24.3. The van der Waals surface area contributed by atoms with Crippen molar-refractivity contribution < 1.29 is 23.5 Å². The Hall–Kier alpha value is -2.90. The van der Waals surface area contributed by atoms with E-state index in [-0.39, 0.29) is 18.2 Å². The van der Waals surface area contributed by atoms with Crippen LogP contribution < -0.4 is 10.6 Å². The van der Waals surface area contributed by atoms with Crippen LogP contribution in [0, 0.1) is 0 Å². The van der Waals surface area contributed by atoms with Gasteiger partial charge in [-0.1, -0.05) is 51.0 Å². The third-order valence-corrected chi connectivity index (χ3v) is 5.43. The summed E-state index contributed by atoms with van der Waals surface area (Å²) in [6, 6.07) is -1.18. The number of nitrogens with zero attached hydrogens (tertiary/aromatic N) is 1. The first kappa shape index (κ1) is 27.1. The highest BCUT2D eigenvalue weighted by molar-refractivity contribution is 5.94. The van der Waals surface area contributed by atoms with E-state index in [1.807, 2.05) is 0 Å². The maximum absolute atomic E-state index is 14.9. The SMILES string of the molecule is C=CC(=C(C)C)C(C(=O)NC1CCCCC1)N(C(=O)CNC(=O)OC)/C(C=C)=C(\F)CC. The van der Waals surface area contributed by atoms with Crippen LogP contribution in [0.3, 0.4) is 0 Å². The minimum absolute atomic E-state index is 0.00473. The summed E-state index contributed by atoms with van der Waals surface area (Å²) in [5.41, 5.74) is 1.12. The van der Waals surface area contributed by atoms with Gasteiger partial charge in [-0.25, -0.2) is 9.18 Å². The van der Waals surface area contributed by atoms with Crippen LogP contribution in [0.4, 0.5) is 9.18 Å². The zero-order valence-electron chi connectivity index (χ0n) is 19.6. The lowest BCUT2D eigenvalue weighted by Gasteiger charge is -2.35. The Morgan fingerprint density at radius 3 is 2.25 bits per heavy atom. The summed E-state index contributed by atoms with van der Waals surface area (Å²) in [4.78, 5) is 39.3. The van der Waals surface area contributed by atoms with Crippen LogP contribution in [-0.4, -0.2) is 48.5 Å². The van der Waals surface area contributed by atoms with Crippen molar-refractivity contribution in [1.29, 1.82) is 0 Å². The van der Waals surface area contributed by atoms with Crippen LogP contribution in [0.25, 0.3) is 0 Å². The number of methoxy groups -OCH3 is 1. The van der Waals surface area contributed by atoms with Crippen molar-refractivity contribution in [3.05, 3.63) is 48.0 Å². The van der Waals surface area contributed by atoms with Gasteiger partial charge in [0.2, 0.25) is 11.8 Å². The van der Waals surface area contributed by atoms with Crippen LogP contribution in [0.15, 0.2) is 48.0 Å². The van der Waals surface area contributed by atoms with E-state index in [4.69, 9.17) is 0 Å². The van der Waals surface area contributed by atoms with E-state index in [0.717, 1.165) is 42.6 Å². The number of amides is 3. The summed E-state index contributed by atoms with van der Waals surface area (Å²) in [6.45, 7) is 12.2. The average molecular weight is 450 g/mol. The maximum atomic E-state index is 14.9. The van der Waals surface area contributed by atoms with E-state index in [2.05, 4.69) is 28.5 Å². The zero-order valence-corrected chi connectivity index (χ0v) is 19.6. The Labute approximate surface area is 190 Å². The predicted octanol–water partition coefficient (Wildman–Crippen LogP) is 4.29. The molecule has 1 atom stereocenters. The van der Waals surface area contributed by atoms with Gasteiger partial charge in [-0.2, -0.15) is 0 Å². The predicted molar refractivity (Wildman–Crippen MR) is 123 cm³/mol. The second-order valence-electron chi connectivity index (χ2n) is 7.86. The molecule has 32 heavy (non-hydrogen) atoms. The molecule has 8 heteroatoms. The van der Waals surface area contributed by atoms with Gasteiger partial charge < -0.3 is 15.4 Å². The van der Waals surface area contributed by atoms with E-state index in [1.54, 1.807) is 20.8 Å². The molecule has 1 aliphatic rings.